The van der Waals surface area contributed by atoms with E-state index in [0.29, 0.717) is 17.1 Å². The summed E-state index contributed by atoms with van der Waals surface area (Å²) in [7, 11) is 1.68. The van der Waals surface area contributed by atoms with Crippen molar-refractivity contribution in [3.05, 3.63) is 24.2 Å². The molecule has 0 saturated carbocycles. The number of anilines is 1. The van der Waals surface area contributed by atoms with Gasteiger partial charge in [-0.25, -0.2) is 9.78 Å². The van der Waals surface area contributed by atoms with E-state index in [1.807, 2.05) is 6.07 Å². The summed E-state index contributed by atoms with van der Waals surface area (Å²) in [6.45, 7) is 1.44. The van der Waals surface area contributed by atoms with Crippen molar-refractivity contribution in [2.45, 2.75) is 18.9 Å². The number of aromatic carboxylic acids is 1. The van der Waals surface area contributed by atoms with E-state index in [4.69, 9.17) is 4.74 Å². The number of aromatic nitrogens is 5. The summed E-state index contributed by atoms with van der Waals surface area (Å²) in [6, 6.07) is 2.08. The number of hydrogen-bond donors (Lipinski definition) is 3. The summed E-state index contributed by atoms with van der Waals surface area (Å²) in [5.74, 6) is -0.400. The number of nitrogens with zero attached hydrogens (tertiary/aromatic N) is 4. The van der Waals surface area contributed by atoms with Crippen molar-refractivity contribution in [1.82, 2.24) is 25.0 Å². The van der Waals surface area contributed by atoms with Crippen LogP contribution in [0.1, 0.15) is 23.3 Å². The van der Waals surface area contributed by atoms with Gasteiger partial charge in [-0.3, -0.25) is 9.78 Å². The van der Waals surface area contributed by atoms with Crippen LogP contribution in [0.25, 0.3) is 22.2 Å². The van der Waals surface area contributed by atoms with E-state index in [-0.39, 0.29) is 11.7 Å². The van der Waals surface area contributed by atoms with Gasteiger partial charge in [-0.05, 0) is 18.9 Å². The Labute approximate surface area is 143 Å². The molecular weight excluding hydrogens is 324 g/mol. The van der Waals surface area contributed by atoms with E-state index >= 15 is 0 Å². The fourth-order valence-corrected chi connectivity index (χ4v) is 3.13. The van der Waals surface area contributed by atoms with Gasteiger partial charge in [0.2, 0.25) is 0 Å². The van der Waals surface area contributed by atoms with Crippen LogP contribution in [-0.4, -0.2) is 55.3 Å². The number of carbonyl (C=O) groups is 1. The lowest BCUT2D eigenvalue weighted by Gasteiger charge is -2.23. The first-order valence-corrected chi connectivity index (χ1v) is 8.08. The summed E-state index contributed by atoms with van der Waals surface area (Å²) in [4.78, 5) is 16.0. The molecule has 1 fully saturated rings. The minimum atomic E-state index is -1.09. The van der Waals surface area contributed by atoms with Gasteiger partial charge in [0.1, 0.15) is 11.5 Å². The van der Waals surface area contributed by atoms with Crippen molar-refractivity contribution >= 4 is 22.7 Å². The Morgan fingerprint density at radius 2 is 2.24 bits per heavy atom. The van der Waals surface area contributed by atoms with Gasteiger partial charge in [-0.1, -0.05) is 0 Å². The lowest BCUT2D eigenvalue weighted by Crippen LogP contribution is -2.28. The van der Waals surface area contributed by atoms with E-state index in [1.54, 1.807) is 19.4 Å². The molecule has 9 nitrogen and oxygen atoms in total. The third-order valence-corrected chi connectivity index (χ3v) is 4.32. The van der Waals surface area contributed by atoms with Crippen LogP contribution in [0.2, 0.25) is 0 Å². The molecule has 0 unspecified atom stereocenters. The summed E-state index contributed by atoms with van der Waals surface area (Å²) < 4.78 is 6.87. The largest absolute Gasteiger partial charge is 0.476 e. The van der Waals surface area contributed by atoms with Crippen molar-refractivity contribution < 1.29 is 14.6 Å². The molecule has 4 rings (SSSR count). The standard InChI is InChI=1S/C16H18N6O3/c1-22-8-10(14(21-22)16(23)24)13-12-11(19-20-13)2-5-17-15(12)18-9-3-6-25-7-4-9/h2,5,8-9H,3-4,6-7H2,1H3,(H,17,18)(H,19,20)(H,23,24). The number of ether oxygens (including phenoxy) is 1. The molecule has 9 heteroatoms. The number of hydrogen-bond acceptors (Lipinski definition) is 6. The van der Waals surface area contributed by atoms with Gasteiger partial charge in [0.05, 0.1) is 16.5 Å². The van der Waals surface area contributed by atoms with Crippen molar-refractivity contribution in [3.8, 4) is 11.3 Å². The predicted molar refractivity (Wildman–Crippen MR) is 90.5 cm³/mol. The molecule has 0 spiro atoms. The van der Waals surface area contributed by atoms with Gasteiger partial charge in [0, 0.05) is 38.7 Å². The second kappa shape index (κ2) is 6.17. The van der Waals surface area contributed by atoms with Gasteiger partial charge in [-0.2, -0.15) is 10.2 Å². The maximum atomic E-state index is 11.5. The van der Waals surface area contributed by atoms with Crippen LogP contribution in [0.3, 0.4) is 0 Å². The number of aryl methyl sites for hydroxylation is 1. The van der Waals surface area contributed by atoms with Gasteiger partial charge < -0.3 is 15.2 Å². The highest BCUT2D eigenvalue weighted by Crippen LogP contribution is 2.33. The number of nitrogens with one attached hydrogen (secondary N) is 2. The van der Waals surface area contributed by atoms with E-state index in [1.165, 1.54) is 4.68 Å². The smallest absolute Gasteiger partial charge is 0.357 e. The van der Waals surface area contributed by atoms with Crippen LogP contribution in [0.15, 0.2) is 18.5 Å². The Morgan fingerprint density at radius 1 is 1.44 bits per heavy atom. The minimum Gasteiger partial charge on any atom is -0.476 e. The third-order valence-electron chi connectivity index (χ3n) is 4.32. The Kier molecular flexibility index (Phi) is 3.85. The number of pyridine rings is 1. The molecule has 0 bridgehead atoms. The summed E-state index contributed by atoms with van der Waals surface area (Å²) in [6.07, 6.45) is 5.16. The van der Waals surface area contributed by atoms with Crippen molar-refractivity contribution in [2.24, 2.45) is 7.05 Å². The van der Waals surface area contributed by atoms with Crippen LogP contribution in [-0.2, 0) is 11.8 Å². The van der Waals surface area contributed by atoms with Crippen LogP contribution in [0.5, 0.6) is 0 Å². The average Bonchev–Trinajstić information content (AvgIpc) is 3.20. The number of fused-ring (bicyclic) bond motifs is 1. The fraction of sp³-hybridized carbons (Fsp3) is 0.375. The van der Waals surface area contributed by atoms with Gasteiger partial charge in [-0.15, -0.1) is 0 Å². The molecule has 3 N–H and O–H groups in total. The molecule has 0 aliphatic carbocycles. The molecule has 1 aliphatic rings. The molecule has 0 radical (unpaired) electrons. The van der Waals surface area contributed by atoms with Crippen LogP contribution < -0.4 is 5.32 Å². The first-order chi connectivity index (χ1) is 12.1. The third kappa shape index (κ3) is 2.82. The normalized spacial score (nSPS) is 15.6. The number of rotatable bonds is 4. The average molecular weight is 342 g/mol. The maximum absolute atomic E-state index is 11.5. The molecular formula is C16H18N6O3. The fourth-order valence-electron chi connectivity index (χ4n) is 3.13. The second-order valence-electron chi connectivity index (χ2n) is 6.06. The zero-order chi connectivity index (χ0) is 17.4. The molecule has 4 heterocycles. The summed E-state index contributed by atoms with van der Waals surface area (Å²) in [5, 5.41) is 24.9. The molecule has 3 aromatic heterocycles. The predicted octanol–water partition coefficient (Wildman–Crippen LogP) is 1.65. The van der Waals surface area contributed by atoms with Crippen LogP contribution >= 0.6 is 0 Å². The lowest BCUT2D eigenvalue weighted by molar-refractivity contribution is 0.0690. The second-order valence-corrected chi connectivity index (χ2v) is 6.06. The van der Waals surface area contributed by atoms with Gasteiger partial charge in [0.25, 0.3) is 0 Å². The topological polar surface area (TPSA) is 118 Å². The molecule has 0 atom stereocenters. The Morgan fingerprint density at radius 3 is 3.00 bits per heavy atom. The van der Waals surface area contributed by atoms with Crippen LogP contribution in [0, 0.1) is 0 Å². The van der Waals surface area contributed by atoms with E-state index in [0.717, 1.165) is 37.0 Å². The molecule has 1 saturated heterocycles. The number of carboxylic acids is 1. The SMILES string of the molecule is Cn1cc(-c2n[nH]c3ccnc(NC4CCOCC4)c23)c(C(=O)O)n1. The maximum Gasteiger partial charge on any atom is 0.357 e. The van der Waals surface area contributed by atoms with Crippen molar-refractivity contribution in [3.63, 3.8) is 0 Å². The highest BCUT2D eigenvalue weighted by molar-refractivity contribution is 6.04. The monoisotopic (exact) mass is 342 g/mol. The first kappa shape index (κ1) is 15.6. The molecule has 130 valence electrons. The lowest BCUT2D eigenvalue weighted by atomic mass is 10.1. The molecule has 3 aromatic rings. The highest BCUT2D eigenvalue weighted by atomic mass is 16.5. The van der Waals surface area contributed by atoms with Crippen molar-refractivity contribution in [1.29, 1.82) is 0 Å². The Balaban J connectivity index is 1.81. The molecule has 0 amide bonds. The van der Waals surface area contributed by atoms with Crippen LogP contribution in [0.4, 0.5) is 5.82 Å². The van der Waals surface area contributed by atoms with Gasteiger partial charge in [0.15, 0.2) is 5.69 Å². The number of carboxylic acid groups (broad SMARTS) is 1. The number of H-pyrrole nitrogens is 1. The van der Waals surface area contributed by atoms with Gasteiger partial charge >= 0.3 is 5.97 Å². The number of aromatic amines is 1. The first-order valence-electron chi connectivity index (χ1n) is 8.08. The zero-order valence-corrected chi connectivity index (χ0v) is 13.7. The molecule has 25 heavy (non-hydrogen) atoms. The van der Waals surface area contributed by atoms with Crippen molar-refractivity contribution in [2.75, 3.05) is 18.5 Å². The van der Waals surface area contributed by atoms with E-state index < -0.39 is 5.97 Å². The Bertz CT molecular complexity index is 925. The quantitative estimate of drug-likeness (QED) is 0.659. The summed E-state index contributed by atoms with van der Waals surface area (Å²) in [5.41, 5.74) is 1.75. The molecule has 0 aromatic carbocycles. The Hall–Kier alpha value is -2.94. The zero-order valence-electron chi connectivity index (χ0n) is 13.7. The molecule has 1 aliphatic heterocycles. The summed E-state index contributed by atoms with van der Waals surface area (Å²) >= 11 is 0. The minimum absolute atomic E-state index is 0.0308. The van der Waals surface area contributed by atoms with E-state index in [2.05, 4.69) is 25.6 Å². The highest BCUT2D eigenvalue weighted by Gasteiger charge is 2.23. The van der Waals surface area contributed by atoms with E-state index in [9.17, 15) is 9.90 Å².